The van der Waals surface area contributed by atoms with E-state index in [1.165, 1.54) is 31.2 Å². The molecule has 0 radical (unpaired) electrons. The number of ketones is 1. The van der Waals surface area contributed by atoms with Crippen LogP contribution >= 0.6 is 0 Å². The molecule has 0 aliphatic heterocycles. The molecule has 25 heavy (non-hydrogen) atoms. The largest absolute Gasteiger partial charge is 0.475 e. The van der Waals surface area contributed by atoms with E-state index in [0.717, 1.165) is 18.2 Å². The van der Waals surface area contributed by atoms with Gasteiger partial charge in [-0.25, -0.2) is 4.39 Å². The molecule has 0 fully saturated rings. The molecule has 1 atom stereocenters. The molecule has 0 heterocycles. The molecular weight excluding hydrogens is 343 g/mol. The van der Waals surface area contributed by atoms with Crippen LogP contribution < -0.4 is 9.47 Å². The van der Waals surface area contributed by atoms with Gasteiger partial charge in [-0.1, -0.05) is 0 Å². The molecule has 0 saturated carbocycles. The number of hydrogen-bond acceptors (Lipinski definition) is 5. The van der Waals surface area contributed by atoms with Crippen molar-refractivity contribution in [3.05, 3.63) is 64.0 Å². The zero-order valence-electron chi connectivity index (χ0n) is 12.8. The lowest BCUT2D eigenvalue weighted by atomic mass is 10.1. The molecule has 0 aliphatic carbocycles. The summed E-state index contributed by atoms with van der Waals surface area (Å²) in [7, 11) is 0. The predicted molar refractivity (Wildman–Crippen MR) is 80.5 cm³/mol. The van der Waals surface area contributed by atoms with Crippen LogP contribution in [0.4, 0.5) is 18.9 Å². The maximum absolute atomic E-state index is 13.3. The number of halogens is 3. The summed E-state index contributed by atoms with van der Waals surface area (Å²) < 4.78 is 46.8. The summed E-state index contributed by atoms with van der Waals surface area (Å²) in [5, 5.41) is 10.9. The van der Waals surface area contributed by atoms with Crippen LogP contribution in [-0.4, -0.2) is 23.4 Å². The quantitative estimate of drug-likeness (QED) is 0.426. The smallest absolute Gasteiger partial charge is 0.387 e. The summed E-state index contributed by atoms with van der Waals surface area (Å²) in [6, 6.07) is 7.49. The minimum absolute atomic E-state index is 0.119. The average Bonchev–Trinajstić information content (AvgIpc) is 2.54. The lowest BCUT2D eigenvalue weighted by Gasteiger charge is -2.14. The average molecular weight is 355 g/mol. The second-order valence-electron chi connectivity index (χ2n) is 4.90. The van der Waals surface area contributed by atoms with Crippen LogP contribution in [0.15, 0.2) is 42.5 Å². The van der Waals surface area contributed by atoms with Crippen molar-refractivity contribution in [2.24, 2.45) is 0 Å². The van der Waals surface area contributed by atoms with Gasteiger partial charge in [-0.2, -0.15) is 8.78 Å². The monoisotopic (exact) mass is 355 g/mol. The van der Waals surface area contributed by atoms with Crippen molar-refractivity contribution in [3.8, 4) is 11.5 Å². The fourth-order valence-corrected chi connectivity index (χ4v) is 2.01. The van der Waals surface area contributed by atoms with Gasteiger partial charge >= 0.3 is 12.3 Å². The Labute approximate surface area is 139 Å². The minimum Gasteiger partial charge on any atom is -0.475 e. The minimum atomic E-state index is -2.99. The van der Waals surface area contributed by atoms with Gasteiger partial charge in [0.05, 0.1) is 4.92 Å². The van der Waals surface area contributed by atoms with E-state index in [9.17, 15) is 28.1 Å². The summed E-state index contributed by atoms with van der Waals surface area (Å²) >= 11 is 0. The summed E-state index contributed by atoms with van der Waals surface area (Å²) in [6.45, 7) is -1.65. The Hall–Kier alpha value is -3.10. The molecule has 0 N–H and O–H groups in total. The van der Waals surface area contributed by atoms with Crippen LogP contribution in [0.5, 0.6) is 11.5 Å². The van der Waals surface area contributed by atoms with E-state index in [2.05, 4.69) is 4.74 Å². The first-order valence-electron chi connectivity index (χ1n) is 6.97. The second-order valence-corrected chi connectivity index (χ2v) is 4.90. The highest BCUT2D eigenvalue weighted by atomic mass is 19.3. The Morgan fingerprint density at radius 2 is 1.76 bits per heavy atom. The fraction of sp³-hybridized carbons (Fsp3) is 0.188. The Kier molecular flexibility index (Phi) is 5.58. The van der Waals surface area contributed by atoms with Crippen molar-refractivity contribution in [2.45, 2.75) is 19.6 Å². The Bertz CT molecular complexity index is 780. The van der Waals surface area contributed by atoms with E-state index >= 15 is 0 Å². The molecule has 2 aromatic rings. The number of carbonyl (C=O) groups excluding carboxylic acids is 1. The highest BCUT2D eigenvalue weighted by molar-refractivity contribution is 5.99. The number of nitro groups is 1. The van der Waals surface area contributed by atoms with Crippen molar-refractivity contribution in [3.63, 3.8) is 0 Å². The molecule has 0 amide bonds. The third-order valence-corrected chi connectivity index (χ3v) is 3.16. The molecule has 0 aliphatic rings. The van der Waals surface area contributed by atoms with Crippen LogP contribution in [0.2, 0.25) is 0 Å². The molecule has 132 valence electrons. The third kappa shape index (κ3) is 4.69. The molecule has 9 heteroatoms. The number of carbonyl (C=O) groups is 1. The molecule has 0 unspecified atom stereocenters. The topological polar surface area (TPSA) is 78.7 Å². The molecular formula is C16H12F3NO5. The zero-order valence-corrected chi connectivity index (χ0v) is 12.8. The van der Waals surface area contributed by atoms with Gasteiger partial charge in [-0.05, 0) is 37.3 Å². The van der Waals surface area contributed by atoms with E-state index in [1.54, 1.807) is 0 Å². The zero-order chi connectivity index (χ0) is 18.6. The predicted octanol–water partition coefficient (Wildman–Crippen LogP) is 3.99. The summed E-state index contributed by atoms with van der Waals surface area (Å²) in [4.78, 5) is 22.4. The maximum Gasteiger partial charge on any atom is 0.387 e. The van der Waals surface area contributed by atoms with E-state index in [0.29, 0.717) is 0 Å². The number of alkyl halides is 2. The number of Topliss-reactive ketones (excluding diaryl/α,β-unsaturated/α-hetero) is 1. The molecule has 0 bridgehead atoms. The first kappa shape index (κ1) is 18.2. The SMILES string of the molecule is C[C@@H](Oc1cc(F)ccc1[N+](=O)[O-])C(=O)c1ccc(OC(F)F)cc1. The normalized spacial score (nSPS) is 11.9. The van der Waals surface area contributed by atoms with Crippen LogP contribution in [0.1, 0.15) is 17.3 Å². The van der Waals surface area contributed by atoms with Gasteiger partial charge in [0.15, 0.2) is 6.10 Å². The van der Waals surface area contributed by atoms with Crippen molar-refractivity contribution in [1.82, 2.24) is 0 Å². The van der Waals surface area contributed by atoms with Crippen LogP contribution in [0, 0.1) is 15.9 Å². The highest BCUT2D eigenvalue weighted by Gasteiger charge is 2.23. The summed E-state index contributed by atoms with van der Waals surface area (Å²) in [5.74, 6) is -1.83. The first-order valence-corrected chi connectivity index (χ1v) is 6.97. The van der Waals surface area contributed by atoms with Crippen molar-refractivity contribution in [1.29, 1.82) is 0 Å². The molecule has 2 aromatic carbocycles. The van der Waals surface area contributed by atoms with Crippen molar-refractivity contribution < 1.29 is 32.4 Å². The highest BCUT2D eigenvalue weighted by Crippen LogP contribution is 2.29. The van der Waals surface area contributed by atoms with Gasteiger partial charge in [0.25, 0.3) is 0 Å². The van der Waals surface area contributed by atoms with Gasteiger partial charge in [-0.15, -0.1) is 0 Å². The van der Waals surface area contributed by atoms with E-state index in [1.807, 2.05) is 0 Å². The van der Waals surface area contributed by atoms with E-state index in [4.69, 9.17) is 4.74 Å². The third-order valence-electron chi connectivity index (χ3n) is 3.16. The van der Waals surface area contributed by atoms with E-state index < -0.39 is 34.9 Å². The Morgan fingerprint density at radius 3 is 2.32 bits per heavy atom. The van der Waals surface area contributed by atoms with E-state index in [-0.39, 0.29) is 17.1 Å². The van der Waals surface area contributed by atoms with Gasteiger partial charge in [-0.3, -0.25) is 14.9 Å². The number of hydrogen-bond donors (Lipinski definition) is 0. The van der Waals surface area contributed by atoms with Crippen molar-refractivity contribution in [2.75, 3.05) is 0 Å². The molecule has 0 aromatic heterocycles. The Morgan fingerprint density at radius 1 is 1.12 bits per heavy atom. The number of benzene rings is 2. The Balaban J connectivity index is 2.15. The molecule has 6 nitrogen and oxygen atoms in total. The standard InChI is InChI=1S/C16H12F3NO5/c1-9(24-14-8-11(17)4-7-13(14)20(22)23)15(21)10-2-5-12(6-3-10)25-16(18)19/h2-9,16H,1H3/t9-/m1/s1. The van der Waals surface area contributed by atoms with Gasteiger partial charge in [0.1, 0.15) is 11.6 Å². The number of nitrogens with zero attached hydrogens (tertiary/aromatic N) is 1. The molecule has 0 spiro atoms. The van der Waals surface area contributed by atoms with Crippen molar-refractivity contribution >= 4 is 11.5 Å². The van der Waals surface area contributed by atoms with Crippen LogP contribution in [0.25, 0.3) is 0 Å². The summed E-state index contributed by atoms with van der Waals surface area (Å²) in [5.41, 5.74) is -0.366. The number of rotatable bonds is 7. The van der Waals surface area contributed by atoms with Gasteiger partial charge in [0, 0.05) is 17.7 Å². The summed E-state index contributed by atoms with van der Waals surface area (Å²) in [6.07, 6.45) is -1.16. The number of nitro benzene ring substituents is 1. The first-order chi connectivity index (χ1) is 11.8. The molecule has 2 rings (SSSR count). The molecule has 0 saturated heterocycles. The maximum atomic E-state index is 13.3. The second kappa shape index (κ2) is 7.65. The van der Waals surface area contributed by atoms with Crippen LogP contribution in [0.3, 0.4) is 0 Å². The lowest BCUT2D eigenvalue weighted by Crippen LogP contribution is -2.24. The fourth-order valence-electron chi connectivity index (χ4n) is 2.01. The van der Waals surface area contributed by atoms with Gasteiger partial charge in [0.2, 0.25) is 11.5 Å². The van der Waals surface area contributed by atoms with Crippen LogP contribution in [-0.2, 0) is 0 Å². The number of ether oxygens (including phenoxy) is 2. The van der Waals surface area contributed by atoms with Gasteiger partial charge < -0.3 is 9.47 Å². The lowest BCUT2D eigenvalue weighted by molar-refractivity contribution is -0.386.